The molecule has 0 amide bonds. The van der Waals surface area contributed by atoms with E-state index in [4.69, 9.17) is 0 Å². The fourth-order valence-electron chi connectivity index (χ4n) is 2.29. The SMILES string of the molecule is CCc1sc2c(c1C)CCCCC2. The lowest BCUT2D eigenvalue weighted by Gasteiger charge is -1.99. The van der Waals surface area contributed by atoms with Crippen LogP contribution in [-0.4, -0.2) is 0 Å². The van der Waals surface area contributed by atoms with Gasteiger partial charge in [0.2, 0.25) is 0 Å². The summed E-state index contributed by atoms with van der Waals surface area (Å²) in [6.45, 7) is 4.59. The standard InChI is InChI=1S/C12H18S/c1-3-11-9(2)10-7-5-4-6-8-12(10)13-11/h3-8H2,1-2H3. The summed E-state index contributed by atoms with van der Waals surface area (Å²) in [5.74, 6) is 0. The predicted octanol–water partition coefficient (Wildman–Crippen LogP) is 3.89. The summed E-state index contributed by atoms with van der Waals surface area (Å²) >= 11 is 2.08. The lowest BCUT2D eigenvalue weighted by molar-refractivity contribution is 0.711. The molecule has 2 rings (SSSR count). The summed E-state index contributed by atoms with van der Waals surface area (Å²) in [6, 6.07) is 0. The summed E-state index contributed by atoms with van der Waals surface area (Å²) in [7, 11) is 0. The maximum absolute atomic E-state index is 2.32. The van der Waals surface area contributed by atoms with Crippen molar-refractivity contribution in [1.82, 2.24) is 0 Å². The Labute approximate surface area is 85.0 Å². The van der Waals surface area contributed by atoms with Crippen LogP contribution in [0.1, 0.15) is 47.1 Å². The Kier molecular flexibility index (Phi) is 2.73. The van der Waals surface area contributed by atoms with Gasteiger partial charge in [-0.3, -0.25) is 0 Å². The van der Waals surface area contributed by atoms with Crippen molar-refractivity contribution in [2.75, 3.05) is 0 Å². The van der Waals surface area contributed by atoms with Crippen LogP contribution in [0.25, 0.3) is 0 Å². The highest BCUT2D eigenvalue weighted by Gasteiger charge is 2.15. The molecule has 1 aliphatic carbocycles. The molecule has 0 atom stereocenters. The summed E-state index contributed by atoms with van der Waals surface area (Å²) in [4.78, 5) is 3.33. The molecule has 0 saturated heterocycles. The molecule has 1 aromatic heterocycles. The van der Waals surface area contributed by atoms with Crippen molar-refractivity contribution in [2.45, 2.75) is 52.4 Å². The van der Waals surface area contributed by atoms with Crippen LogP contribution in [0.2, 0.25) is 0 Å². The largest absolute Gasteiger partial charge is 0.145 e. The monoisotopic (exact) mass is 194 g/mol. The van der Waals surface area contributed by atoms with Crippen molar-refractivity contribution in [1.29, 1.82) is 0 Å². The first-order valence-electron chi connectivity index (χ1n) is 5.43. The molecule has 0 aromatic carbocycles. The van der Waals surface area contributed by atoms with Gasteiger partial charge in [0.15, 0.2) is 0 Å². The molecule has 1 heteroatoms. The Morgan fingerprint density at radius 2 is 1.92 bits per heavy atom. The highest BCUT2D eigenvalue weighted by molar-refractivity contribution is 7.12. The van der Waals surface area contributed by atoms with Gasteiger partial charge in [-0.05, 0) is 50.2 Å². The average Bonchev–Trinajstić information content (AvgIpc) is 2.37. The molecular formula is C12H18S. The van der Waals surface area contributed by atoms with Gasteiger partial charge in [-0.1, -0.05) is 13.3 Å². The summed E-state index contributed by atoms with van der Waals surface area (Å²) < 4.78 is 0. The van der Waals surface area contributed by atoms with E-state index < -0.39 is 0 Å². The third kappa shape index (κ3) is 1.67. The lowest BCUT2D eigenvalue weighted by Crippen LogP contribution is -1.87. The van der Waals surface area contributed by atoms with Crippen molar-refractivity contribution in [2.24, 2.45) is 0 Å². The molecule has 0 nitrogen and oxygen atoms in total. The maximum atomic E-state index is 2.32. The fourth-order valence-corrected chi connectivity index (χ4v) is 3.64. The van der Waals surface area contributed by atoms with E-state index in [1.54, 1.807) is 20.9 Å². The molecule has 0 aliphatic heterocycles. The van der Waals surface area contributed by atoms with Crippen LogP contribution in [0, 0.1) is 6.92 Å². The lowest BCUT2D eigenvalue weighted by atomic mass is 10.1. The molecular weight excluding hydrogens is 176 g/mol. The molecule has 1 heterocycles. The highest BCUT2D eigenvalue weighted by atomic mass is 32.1. The molecule has 0 radical (unpaired) electrons. The quantitative estimate of drug-likeness (QED) is 0.595. The van der Waals surface area contributed by atoms with Crippen LogP contribution in [0.5, 0.6) is 0 Å². The Morgan fingerprint density at radius 1 is 1.15 bits per heavy atom. The Morgan fingerprint density at radius 3 is 2.69 bits per heavy atom. The van der Waals surface area contributed by atoms with Crippen LogP contribution >= 0.6 is 11.3 Å². The molecule has 0 unspecified atom stereocenters. The van der Waals surface area contributed by atoms with E-state index in [2.05, 4.69) is 25.2 Å². The first kappa shape index (κ1) is 9.26. The van der Waals surface area contributed by atoms with Gasteiger partial charge < -0.3 is 0 Å². The molecule has 0 saturated carbocycles. The summed E-state index contributed by atoms with van der Waals surface area (Å²) in [6.07, 6.45) is 8.17. The van der Waals surface area contributed by atoms with Crippen molar-refractivity contribution in [3.63, 3.8) is 0 Å². The molecule has 13 heavy (non-hydrogen) atoms. The summed E-state index contributed by atoms with van der Waals surface area (Å²) in [5, 5.41) is 0. The molecule has 1 aromatic rings. The molecule has 1 aliphatic rings. The van der Waals surface area contributed by atoms with E-state index in [9.17, 15) is 0 Å². The van der Waals surface area contributed by atoms with Gasteiger partial charge in [0.05, 0.1) is 0 Å². The number of fused-ring (bicyclic) bond motifs is 1. The molecule has 72 valence electrons. The predicted molar refractivity (Wildman–Crippen MR) is 59.7 cm³/mol. The van der Waals surface area contributed by atoms with Gasteiger partial charge in [-0.25, -0.2) is 0 Å². The van der Waals surface area contributed by atoms with Gasteiger partial charge in [0, 0.05) is 9.75 Å². The van der Waals surface area contributed by atoms with Crippen molar-refractivity contribution in [3.05, 3.63) is 20.9 Å². The molecule has 0 spiro atoms. The van der Waals surface area contributed by atoms with E-state index in [-0.39, 0.29) is 0 Å². The van der Waals surface area contributed by atoms with E-state index in [0.717, 1.165) is 0 Å². The zero-order valence-corrected chi connectivity index (χ0v) is 9.47. The van der Waals surface area contributed by atoms with Gasteiger partial charge in [-0.2, -0.15) is 0 Å². The number of hydrogen-bond acceptors (Lipinski definition) is 1. The van der Waals surface area contributed by atoms with Crippen molar-refractivity contribution in [3.8, 4) is 0 Å². The van der Waals surface area contributed by atoms with Crippen LogP contribution in [0.3, 0.4) is 0 Å². The molecule has 0 fully saturated rings. The zero-order valence-electron chi connectivity index (χ0n) is 8.65. The van der Waals surface area contributed by atoms with Gasteiger partial charge in [0.25, 0.3) is 0 Å². The minimum absolute atomic E-state index is 1.23. The smallest absolute Gasteiger partial charge is 0.00829 e. The molecule has 0 bridgehead atoms. The van der Waals surface area contributed by atoms with Crippen LogP contribution < -0.4 is 0 Å². The Balaban J connectivity index is 2.38. The van der Waals surface area contributed by atoms with E-state index >= 15 is 0 Å². The topological polar surface area (TPSA) is 0 Å². The van der Waals surface area contributed by atoms with E-state index in [1.165, 1.54) is 38.5 Å². The van der Waals surface area contributed by atoms with Gasteiger partial charge in [-0.15, -0.1) is 11.3 Å². The summed E-state index contributed by atoms with van der Waals surface area (Å²) in [5.41, 5.74) is 3.32. The zero-order chi connectivity index (χ0) is 9.26. The normalized spacial score (nSPS) is 16.8. The first-order valence-corrected chi connectivity index (χ1v) is 6.24. The first-order chi connectivity index (χ1) is 6.33. The van der Waals surface area contributed by atoms with Crippen LogP contribution in [-0.2, 0) is 19.3 Å². The van der Waals surface area contributed by atoms with Gasteiger partial charge >= 0.3 is 0 Å². The minimum Gasteiger partial charge on any atom is -0.145 e. The Bertz CT molecular complexity index is 296. The van der Waals surface area contributed by atoms with E-state index in [0.29, 0.717) is 0 Å². The third-order valence-electron chi connectivity index (χ3n) is 3.11. The van der Waals surface area contributed by atoms with E-state index in [1.807, 2.05) is 0 Å². The number of rotatable bonds is 1. The van der Waals surface area contributed by atoms with Crippen molar-refractivity contribution >= 4 is 11.3 Å². The number of hydrogen-bond donors (Lipinski definition) is 0. The Hall–Kier alpha value is -0.300. The van der Waals surface area contributed by atoms with Crippen molar-refractivity contribution < 1.29 is 0 Å². The highest BCUT2D eigenvalue weighted by Crippen LogP contribution is 2.33. The second kappa shape index (κ2) is 3.83. The third-order valence-corrected chi connectivity index (χ3v) is 4.64. The number of thiophene rings is 1. The average molecular weight is 194 g/mol. The van der Waals surface area contributed by atoms with Crippen LogP contribution in [0.15, 0.2) is 0 Å². The number of aryl methyl sites for hydroxylation is 2. The molecule has 0 N–H and O–H groups in total. The van der Waals surface area contributed by atoms with Crippen LogP contribution in [0.4, 0.5) is 0 Å². The maximum Gasteiger partial charge on any atom is 0.00829 e. The second-order valence-electron chi connectivity index (χ2n) is 3.97. The minimum atomic E-state index is 1.23. The fraction of sp³-hybridized carbons (Fsp3) is 0.667. The van der Waals surface area contributed by atoms with Gasteiger partial charge in [0.1, 0.15) is 0 Å². The second-order valence-corrected chi connectivity index (χ2v) is 5.16.